The summed E-state index contributed by atoms with van der Waals surface area (Å²) in [6.45, 7) is 3.53. The van der Waals surface area contributed by atoms with E-state index >= 15 is 0 Å². The van der Waals surface area contributed by atoms with E-state index in [9.17, 15) is 4.79 Å². The Morgan fingerprint density at radius 3 is 2.58 bits per heavy atom. The molecule has 3 heterocycles. The molecule has 0 bridgehead atoms. The molecule has 134 valence electrons. The molecular formula is C21H22N2O3. The number of carbonyl (C=O) groups is 1. The summed E-state index contributed by atoms with van der Waals surface area (Å²) in [6.07, 6.45) is 1.62. The number of benzene rings is 2. The largest absolute Gasteiger partial charge is 0.456 e. The molecule has 0 N–H and O–H groups in total. The molecule has 2 aromatic carbocycles. The fraction of sp³-hybridized carbons (Fsp3) is 0.381. The van der Waals surface area contributed by atoms with E-state index in [1.54, 1.807) is 4.90 Å². The van der Waals surface area contributed by atoms with Crippen LogP contribution in [0.3, 0.4) is 0 Å². The quantitative estimate of drug-likeness (QED) is 0.701. The second-order valence-corrected chi connectivity index (χ2v) is 7.61. The van der Waals surface area contributed by atoms with Gasteiger partial charge in [-0.25, -0.2) is 4.79 Å². The fourth-order valence-electron chi connectivity index (χ4n) is 4.30. The standard InChI is InChI=1S/C21H22N2O3/c1-22-14-21(26-20(22)24)8-10-23(11-9-21)13-15-6-7-19-17(12-15)16-4-2-3-5-18(16)25-19/h2-7,12H,8-11,13-14H2,1H3. The van der Waals surface area contributed by atoms with Crippen molar-refractivity contribution in [3.63, 3.8) is 0 Å². The summed E-state index contributed by atoms with van der Waals surface area (Å²) in [7, 11) is 1.81. The topological polar surface area (TPSA) is 45.9 Å². The summed E-state index contributed by atoms with van der Waals surface area (Å²) in [5, 5.41) is 2.35. The van der Waals surface area contributed by atoms with Crippen molar-refractivity contribution in [2.24, 2.45) is 0 Å². The fourth-order valence-corrected chi connectivity index (χ4v) is 4.30. The van der Waals surface area contributed by atoms with E-state index in [4.69, 9.17) is 9.15 Å². The Balaban J connectivity index is 1.33. The Morgan fingerprint density at radius 2 is 1.81 bits per heavy atom. The molecule has 0 atom stereocenters. The van der Waals surface area contributed by atoms with Crippen LogP contribution in [-0.4, -0.2) is 48.2 Å². The van der Waals surface area contributed by atoms with Crippen LogP contribution < -0.4 is 0 Å². The molecule has 5 heteroatoms. The van der Waals surface area contributed by atoms with Crippen LogP contribution in [0.15, 0.2) is 46.9 Å². The molecule has 2 fully saturated rings. The number of nitrogens with zero attached hydrogens (tertiary/aromatic N) is 2. The number of likely N-dealkylation sites (N-methyl/N-ethyl adjacent to an activating group) is 1. The summed E-state index contributed by atoms with van der Waals surface area (Å²) in [5.74, 6) is 0. The number of rotatable bonds is 2. The lowest BCUT2D eigenvalue weighted by molar-refractivity contribution is -0.00118. The third-order valence-corrected chi connectivity index (χ3v) is 5.76. The van der Waals surface area contributed by atoms with Crippen LogP contribution in [0.25, 0.3) is 21.9 Å². The number of furan rings is 1. The van der Waals surface area contributed by atoms with E-state index in [0.717, 1.165) is 43.6 Å². The van der Waals surface area contributed by atoms with Crippen molar-refractivity contribution in [3.05, 3.63) is 48.0 Å². The molecule has 2 aliphatic heterocycles. The van der Waals surface area contributed by atoms with Crippen molar-refractivity contribution in [3.8, 4) is 0 Å². The number of para-hydroxylation sites is 1. The summed E-state index contributed by atoms with van der Waals surface area (Å²) in [6, 6.07) is 14.6. The lowest BCUT2D eigenvalue weighted by Gasteiger charge is -2.37. The van der Waals surface area contributed by atoms with Gasteiger partial charge in [0.25, 0.3) is 0 Å². The predicted molar refractivity (Wildman–Crippen MR) is 100 cm³/mol. The minimum absolute atomic E-state index is 0.185. The predicted octanol–water partition coefficient (Wildman–Crippen LogP) is 4.00. The first-order valence-corrected chi connectivity index (χ1v) is 9.19. The van der Waals surface area contributed by atoms with Gasteiger partial charge < -0.3 is 14.1 Å². The molecule has 0 radical (unpaired) electrons. The van der Waals surface area contributed by atoms with Crippen molar-refractivity contribution in [1.29, 1.82) is 0 Å². The number of carbonyl (C=O) groups excluding carboxylic acids is 1. The van der Waals surface area contributed by atoms with Crippen molar-refractivity contribution in [2.45, 2.75) is 25.0 Å². The van der Waals surface area contributed by atoms with Gasteiger partial charge in [-0.1, -0.05) is 24.3 Å². The second-order valence-electron chi connectivity index (χ2n) is 7.61. The van der Waals surface area contributed by atoms with Crippen LogP contribution >= 0.6 is 0 Å². The lowest BCUT2D eigenvalue weighted by atomic mass is 9.91. The molecule has 0 unspecified atom stereocenters. The zero-order valence-electron chi connectivity index (χ0n) is 14.9. The Morgan fingerprint density at radius 1 is 1.04 bits per heavy atom. The van der Waals surface area contributed by atoms with Crippen LogP contribution in [0.2, 0.25) is 0 Å². The van der Waals surface area contributed by atoms with Gasteiger partial charge >= 0.3 is 6.09 Å². The maximum Gasteiger partial charge on any atom is 0.410 e. The highest BCUT2D eigenvalue weighted by Crippen LogP contribution is 2.34. The Labute approximate surface area is 152 Å². The number of hydrogen-bond donors (Lipinski definition) is 0. The minimum Gasteiger partial charge on any atom is -0.456 e. The van der Waals surface area contributed by atoms with E-state index in [1.807, 2.05) is 25.2 Å². The zero-order chi connectivity index (χ0) is 17.7. The van der Waals surface area contributed by atoms with Gasteiger partial charge in [-0.3, -0.25) is 4.90 Å². The van der Waals surface area contributed by atoms with Crippen LogP contribution in [0.4, 0.5) is 4.79 Å². The van der Waals surface area contributed by atoms with Gasteiger partial charge in [0.2, 0.25) is 0 Å². The molecule has 1 spiro atoms. The van der Waals surface area contributed by atoms with Crippen molar-refractivity contribution in [1.82, 2.24) is 9.80 Å². The van der Waals surface area contributed by atoms with E-state index in [1.165, 1.54) is 16.3 Å². The third kappa shape index (κ3) is 2.54. The first kappa shape index (κ1) is 15.7. The summed E-state index contributed by atoms with van der Waals surface area (Å²) >= 11 is 0. The van der Waals surface area contributed by atoms with E-state index in [0.29, 0.717) is 6.54 Å². The number of likely N-dealkylation sites (tertiary alicyclic amines) is 1. The van der Waals surface area contributed by atoms with Gasteiger partial charge in [0, 0.05) is 50.3 Å². The second kappa shape index (κ2) is 5.74. The van der Waals surface area contributed by atoms with Crippen LogP contribution in [0.1, 0.15) is 18.4 Å². The Kier molecular flexibility index (Phi) is 3.47. The molecule has 26 heavy (non-hydrogen) atoms. The van der Waals surface area contributed by atoms with Crippen LogP contribution in [0.5, 0.6) is 0 Å². The summed E-state index contributed by atoms with van der Waals surface area (Å²) < 4.78 is 11.6. The smallest absolute Gasteiger partial charge is 0.410 e. The highest BCUT2D eigenvalue weighted by atomic mass is 16.6. The van der Waals surface area contributed by atoms with Gasteiger partial charge in [-0.15, -0.1) is 0 Å². The number of ether oxygens (including phenoxy) is 1. The number of fused-ring (bicyclic) bond motifs is 3. The molecular weight excluding hydrogens is 328 g/mol. The molecule has 1 amide bonds. The summed E-state index contributed by atoms with van der Waals surface area (Å²) in [4.78, 5) is 15.8. The molecule has 0 saturated carbocycles. The van der Waals surface area contributed by atoms with Crippen molar-refractivity contribution >= 4 is 28.0 Å². The molecule has 5 nitrogen and oxygen atoms in total. The maximum atomic E-state index is 11.7. The number of piperidine rings is 1. The lowest BCUT2D eigenvalue weighted by Crippen LogP contribution is -2.46. The van der Waals surface area contributed by atoms with Gasteiger partial charge in [0.05, 0.1) is 6.54 Å². The minimum atomic E-state index is -0.271. The average molecular weight is 350 g/mol. The van der Waals surface area contributed by atoms with Gasteiger partial charge in [0.15, 0.2) is 0 Å². The molecule has 1 aromatic heterocycles. The van der Waals surface area contributed by atoms with Crippen LogP contribution in [0, 0.1) is 0 Å². The van der Waals surface area contributed by atoms with Gasteiger partial charge in [-0.2, -0.15) is 0 Å². The number of hydrogen-bond acceptors (Lipinski definition) is 4. The third-order valence-electron chi connectivity index (χ3n) is 5.76. The normalized spacial score (nSPS) is 20.3. The van der Waals surface area contributed by atoms with Crippen molar-refractivity contribution < 1.29 is 13.9 Å². The summed E-state index contributed by atoms with van der Waals surface area (Å²) in [5.41, 5.74) is 2.90. The van der Waals surface area contributed by atoms with E-state index in [2.05, 4.69) is 29.2 Å². The Hall–Kier alpha value is -2.53. The first-order chi connectivity index (χ1) is 12.6. The van der Waals surface area contributed by atoms with E-state index < -0.39 is 0 Å². The highest BCUT2D eigenvalue weighted by molar-refractivity contribution is 6.04. The average Bonchev–Trinajstić information content (AvgIpc) is 3.14. The molecule has 2 saturated heterocycles. The van der Waals surface area contributed by atoms with Gasteiger partial charge in [-0.05, 0) is 23.8 Å². The monoisotopic (exact) mass is 350 g/mol. The SMILES string of the molecule is CN1CC2(CCN(Cc3ccc4oc5ccccc5c4c3)CC2)OC1=O. The molecule has 2 aliphatic rings. The zero-order valence-corrected chi connectivity index (χ0v) is 14.9. The van der Waals surface area contributed by atoms with Gasteiger partial charge in [0.1, 0.15) is 16.8 Å². The molecule has 3 aromatic rings. The first-order valence-electron chi connectivity index (χ1n) is 9.19. The molecule has 0 aliphatic carbocycles. The molecule has 5 rings (SSSR count). The highest BCUT2D eigenvalue weighted by Gasteiger charge is 2.45. The maximum absolute atomic E-state index is 11.7. The number of amides is 1. The van der Waals surface area contributed by atoms with Crippen LogP contribution in [-0.2, 0) is 11.3 Å². The van der Waals surface area contributed by atoms with E-state index in [-0.39, 0.29) is 11.7 Å². The Bertz CT molecular complexity index is 985. The van der Waals surface area contributed by atoms with Crippen molar-refractivity contribution in [2.75, 3.05) is 26.7 Å².